The van der Waals surface area contributed by atoms with Gasteiger partial charge in [0.15, 0.2) is 0 Å². The third-order valence-corrected chi connectivity index (χ3v) is 5.20. The largest absolute Gasteiger partial charge is 0.369 e. The van der Waals surface area contributed by atoms with Gasteiger partial charge < -0.3 is 9.64 Å². The molecule has 4 heteroatoms. The molecule has 2 saturated heterocycles. The molecule has 0 aliphatic carbocycles. The summed E-state index contributed by atoms with van der Waals surface area (Å²) in [4.78, 5) is 18.9. The lowest BCUT2D eigenvalue weighted by Gasteiger charge is -2.53. The van der Waals surface area contributed by atoms with Crippen molar-refractivity contribution in [3.8, 4) is 0 Å². The van der Waals surface area contributed by atoms with Crippen molar-refractivity contribution in [2.24, 2.45) is 5.92 Å². The highest BCUT2D eigenvalue weighted by Gasteiger charge is 2.48. The Kier molecular flexibility index (Phi) is 3.76. The minimum absolute atomic E-state index is 0.0457. The van der Waals surface area contributed by atoms with Crippen molar-refractivity contribution < 1.29 is 9.53 Å². The van der Waals surface area contributed by atoms with Crippen molar-refractivity contribution in [2.75, 3.05) is 13.1 Å². The van der Waals surface area contributed by atoms with E-state index in [1.807, 2.05) is 24.0 Å². The second-order valence-electron chi connectivity index (χ2n) is 7.63. The third-order valence-electron chi connectivity index (χ3n) is 5.20. The number of ether oxygens (including phenoxy) is 1. The first-order valence-corrected chi connectivity index (χ1v) is 8.21. The van der Waals surface area contributed by atoms with E-state index in [1.54, 1.807) is 6.20 Å². The van der Waals surface area contributed by atoms with E-state index < -0.39 is 0 Å². The fourth-order valence-corrected chi connectivity index (χ4v) is 3.79. The van der Waals surface area contributed by atoms with Gasteiger partial charge in [0.05, 0.1) is 11.2 Å². The predicted molar refractivity (Wildman–Crippen MR) is 85.8 cm³/mol. The smallest absolute Gasteiger partial charge is 0.272 e. The van der Waals surface area contributed by atoms with E-state index in [4.69, 9.17) is 4.74 Å². The van der Waals surface area contributed by atoms with E-state index in [1.165, 1.54) is 0 Å². The lowest BCUT2D eigenvalue weighted by atomic mass is 9.74. The maximum Gasteiger partial charge on any atom is 0.272 e. The first-order chi connectivity index (χ1) is 10.3. The number of aromatic nitrogens is 1. The summed E-state index contributed by atoms with van der Waals surface area (Å²) in [5.41, 5.74) is 1.48. The number of rotatable bonds is 1. The first-order valence-electron chi connectivity index (χ1n) is 8.21. The van der Waals surface area contributed by atoms with Crippen LogP contribution < -0.4 is 0 Å². The zero-order valence-corrected chi connectivity index (χ0v) is 14.1. The summed E-state index contributed by atoms with van der Waals surface area (Å²) in [5.74, 6) is 0.468. The molecule has 0 spiro atoms. The van der Waals surface area contributed by atoms with Crippen LogP contribution >= 0.6 is 0 Å². The van der Waals surface area contributed by atoms with Crippen molar-refractivity contribution >= 4 is 5.91 Å². The van der Waals surface area contributed by atoms with Crippen LogP contribution in [0.25, 0.3) is 0 Å². The monoisotopic (exact) mass is 302 g/mol. The van der Waals surface area contributed by atoms with Crippen molar-refractivity contribution in [3.05, 3.63) is 29.6 Å². The summed E-state index contributed by atoms with van der Waals surface area (Å²) < 4.78 is 6.36. The molecule has 4 nitrogen and oxygen atoms in total. The van der Waals surface area contributed by atoms with E-state index in [0.29, 0.717) is 11.6 Å². The van der Waals surface area contributed by atoms with E-state index in [9.17, 15) is 4.79 Å². The van der Waals surface area contributed by atoms with Gasteiger partial charge in [0.25, 0.3) is 5.91 Å². The number of amides is 1. The molecule has 120 valence electrons. The number of hydrogen-bond donors (Lipinski definition) is 0. The molecule has 0 N–H and O–H groups in total. The van der Waals surface area contributed by atoms with Gasteiger partial charge in [0.2, 0.25) is 0 Å². The number of piperidine rings is 1. The molecule has 22 heavy (non-hydrogen) atoms. The summed E-state index contributed by atoms with van der Waals surface area (Å²) in [7, 11) is 0. The molecule has 2 aliphatic rings. The van der Waals surface area contributed by atoms with Gasteiger partial charge in [-0.3, -0.25) is 9.78 Å². The van der Waals surface area contributed by atoms with E-state index in [2.05, 4.69) is 25.8 Å². The Bertz CT molecular complexity index is 567. The molecular weight excluding hydrogens is 276 g/mol. The quantitative estimate of drug-likeness (QED) is 0.800. The number of pyridine rings is 1. The molecule has 3 heterocycles. The van der Waals surface area contributed by atoms with Gasteiger partial charge in [-0.2, -0.15) is 0 Å². The Morgan fingerprint density at radius 2 is 2.09 bits per heavy atom. The number of fused-ring (bicyclic) bond motifs is 1. The highest BCUT2D eigenvalue weighted by Crippen LogP contribution is 2.44. The highest BCUT2D eigenvalue weighted by atomic mass is 16.5. The molecule has 2 atom stereocenters. The summed E-state index contributed by atoms with van der Waals surface area (Å²) in [6.07, 6.45) is 4.83. The van der Waals surface area contributed by atoms with E-state index in [-0.39, 0.29) is 17.1 Å². The van der Waals surface area contributed by atoms with Crippen LogP contribution in [0.2, 0.25) is 0 Å². The zero-order chi connectivity index (χ0) is 16.0. The standard InChI is InChI=1S/C18H26N2O2/c1-13-5-6-15(19-11-13)16(21)20-10-9-18(4)14(12-20)7-8-17(2,3)22-18/h5-6,11,14H,7-10,12H2,1-4H3/t14-,18+/m0/s1. The molecule has 1 aromatic heterocycles. The number of nitrogens with zero attached hydrogens (tertiary/aromatic N) is 2. The molecule has 0 aromatic carbocycles. The molecule has 3 rings (SSSR count). The Morgan fingerprint density at radius 1 is 1.32 bits per heavy atom. The van der Waals surface area contributed by atoms with Crippen LogP contribution in [0.5, 0.6) is 0 Å². The fraction of sp³-hybridized carbons (Fsp3) is 0.667. The number of hydrogen-bond acceptors (Lipinski definition) is 3. The topological polar surface area (TPSA) is 42.4 Å². The average Bonchev–Trinajstić information content (AvgIpc) is 2.45. The molecule has 1 aromatic rings. The highest BCUT2D eigenvalue weighted by molar-refractivity contribution is 5.92. The summed E-state index contributed by atoms with van der Waals surface area (Å²) in [6, 6.07) is 3.77. The van der Waals surface area contributed by atoms with Crippen LogP contribution in [0.3, 0.4) is 0 Å². The second kappa shape index (κ2) is 5.34. The van der Waals surface area contributed by atoms with Crippen molar-refractivity contribution in [2.45, 2.75) is 58.2 Å². The average molecular weight is 302 g/mol. The van der Waals surface area contributed by atoms with Gasteiger partial charge in [0.1, 0.15) is 5.69 Å². The van der Waals surface area contributed by atoms with Crippen LogP contribution in [0.4, 0.5) is 0 Å². The van der Waals surface area contributed by atoms with Crippen molar-refractivity contribution in [3.63, 3.8) is 0 Å². The zero-order valence-electron chi connectivity index (χ0n) is 14.1. The first kappa shape index (κ1) is 15.5. The molecule has 0 radical (unpaired) electrons. The molecule has 1 amide bonds. The molecule has 0 saturated carbocycles. The minimum atomic E-state index is -0.0980. The van der Waals surface area contributed by atoms with Gasteiger partial charge in [-0.1, -0.05) is 6.07 Å². The van der Waals surface area contributed by atoms with E-state index >= 15 is 0 Å². The molecular formula is C18H26N2O2. The van der Waals surface area contributed by atoms with Gasteiger partial charge in [0, 0.05) is 25.2 Å². The second-order valence-corrected chi connectivity index (χ2v) is 7.63. The van der Waals surface area contributed by atoms with E-state index in [0.717, 1.165) is 37.9 Å². The Balaban J connectivity index is 1.72. The van der Waals surface area contributed by atoms with Gasteiger partial charge >= 0.3 is 0 Å². The normalized spacial score (nSPS) is 30.7. The third kappa shape index (κ3) is 2.89. The molecule has 0 unspecified atom stereocenters. The fourth-order valence-electron chi connectivity index (χ4n) is 3.79. The summed E-state index contributed by atoms with van der Waals surface area (Å²) in [6.45, 7) is 10.1. The lowest BCUT2D eigenvalue weighted by Crippen LogP contribution is -2.58. The van der Waals surface area contributed by atoms with Crippen molar-refractivity contribution in [1.29, 1.82) is 0 Å². The SMILES string of the molecule is Cc1ccc(C(=O)N2CC[C@@]3(C)OC(C)(C)CC[C@H]3C2)nc1. The van der Waals surface area contributed by atoms with Crippen LogP contribution in [0, 0.1) is 12.8 Å². The van der Waals surface area contributed by atoms with Crippen LogP contribution in [0.1, 0.15) is 56.1 Å². The number of carbonyl (C=O) groups excluding carboxylic acids is 1. The number of carbonyl (C=O) groups is 1. The Labute approximate surface area is 132 Å². The van der Waals surface area contributed by atoms with Gasteiger partial charge in [-0.05, 0) is 58.6 Å². The molecule has 0 bridgehead atoms. The van der Waals surface area contributed by atoms with Crippen molar-refractivity contribution in [1.82, 2.24) is 9.88 Å². The maximum atomic E-state index is 12.6. The molecule has 2 fully saturated rings. The summed E-state index contributed by atoms with van der Waals surface area (Å²) in [5, 5.41) is 0. The van der Waals surface area contributed by atoms with Gasteiger partial charge in [-0.15, -0.1) is 0 Å². The van der Waals surface area contributed by atoms with Crippen LogP contribution in [0.15, 0.2) is 18.3 Å². The summed E-state index contributed by atoms with van der Waals surface area (Å²) >= 11 is 0. The maximum absolute atomic E-state index is 12.6. The van der Waals surface area contributed by atoms with Crippen LogP contribution in [-0.2, 0) is 4.74 Å². The molecule has 2 aliphatic heterocycles. The Hall–Kier alpha value is -1.42. The van der Waals surface area contributed by atoms with Gasteiger partial charge in [-0.25, -0.2) is 0 Å². The number of likely N-dealkylation sites (tertiary alicyclic amines) is 1. The predicted octanol–water partition coefficient (Wildman–Crippen LogP) is 3.20. The minimum Gasteiger partial charge on any atom is -0.369 e. The number of aryl methyl sites for hydroxylation is 1. The lowest BCUT2D eigenvalue weighted by molar-refractivity contribution is -0.210. The Morgan fingerprint density at radius 3 is 2.77 bits per heavy atom. The van der Waals surface area contributed by atoms with Crippen LogP contribution in [-0.4, -0.2) is 40.1 Å².